The number of guanidine groups is 1. The Hall–Kier alpha value is -3.40. The van der Waals surface area contributed by atoms with Crippen molar-refractivity contribution in [1.82, 2.24) is 10.3 Å². The molecule has 1 amide bonds. The molecule has 0 atom stereocenters. The van der Waals surface area contributed by atoms with Gasteiger partial charge in [-0.3, -0.25) is 10.3 Å². The minimum Gasteiger partial charge on any atom is -0.465 e. The quantitative estimate of drug-likeness (QED) is 0.485. The van der Waals surface area contributed by atoms with Crippen LogP contribution in [0.1, 0.15) is 11.1 Å². The largest absolute Gasteiger partial charge is 0.465 e. The topological polar surface area (TPSA) is 116 Å². The predicted molar refractivity (Wildman–Crippen MR) is 112 cm³/mol. The van der Waals surface area contributed by atoms with Gasteiger partial charge in [0.25, 0.3) is 0 Å². The number of aromatic nitrogens is 1. The number of carboxylic acid groups (broad SMARTS) is 1. The smallest absolute Gasteiger partial charge is 0.411 e. The average Bonchev–Trinajstić information content (AvgIpc) is 2.73. The number of piperazine rings is 1. The number of nitrogens with one attached hydrogen (secondary N) is 1. The zero-order valence-electron chi connectivity index (χ0n) is 16.7. The van der Waals surface area contributed by atoms with Crippen molar-refractivity contribution < 1.29 is 19.0 Å². The fraction of sp³-hybridized carbons (Fsp3) is 0.350. The number of ether oxygens (including phenoxy) is 1. The van der Waals surface area contributed by atoms with Crippen molar-refractivity contribution in [1.29, 1.82) is 0 Å². The van der Waals surface area contributed by atoms with Gasteiger partial charge in [-0.05, 0) is 17.7 Å². The molecule has 0 bridgehead atoms. The predicted octanol–water partition coefficient (Wildman–Crippen LogP) is 1.78. The summed E-state index contributed by atoms with van der Waals surface area (Å²) in [6.45, 7) is 3.23. The Balaban J connectivity index is 1.65. The average molecular weight is 416 g/mol. The Morgan fingerprint density at radius 1 is 1.30 bits per heavy atom. The molecule has 9 nitrogen and oxygen atoms in total. The van der Waals surface area contributed by atoms with Gasteiger partial charge in [-0.15, -0.1) is 0 Å². The van der Waals surface area contributed by atoms with Crippen molar-refractivity contribution in [3.8, 4) is 0 Å². The van der Waals surface area contributed by atoms with Gasteiger partial charge in [0.2, 0.25) is 0 Å². The van der Waals surface area contributed by atoms with Gasteiger partial charge in [0.1, 0.15) is 0 Å². The molecule has 1 aliphatic heterocycles. The number of methoxy groups -OCH3 is 1. The molecular formula is C20H25FN6O3. The highest BCUT2D eigenvalue weighted by atomic mass is 19.1. The molecule has 4 N–H and O–H groups in total. The Morgan fingerprint density at radius 2 is 2.03 bits per heavy atom. The number of aliphatic imine (C=N–C) groups is 1. The van der Waals surface area contributed by atoms with Crippen LogP contribution in [0.2, 0.25) is 0 Å². The van der Waals surface area contributed by atoms with E-state index >= 15 is 4.39 Å². The summed E-state index contributed by atoms with van der Waals surface area (Å²) in [6, 6.07) is 7.16. The van der Waals surface area contributed by atoms with Gasteiger partial charge >= 0.3 is 6.09 Å². The Morgan fingerprint density at radius 3 is 2.73 bits per heavy atom. The number of hydrogen-bond acceptors (Lipinski definition) is 6. The summed E-state index contributed by atoms with van der Waals surface area (Å²) >= 11 is 0. The number of halogens is 1. The number of nitrogens with zero attached hydrogens (tertiary/aromatic N) is 4. The highest BCUT2D eigenvalue weighted by Gasteiger charge is 2.21. The third-order valence-corrected chi connectivity index (χ3v) is 4.79. The van der Waals surface area contributed by atoms with E-state index < -0.39 is 6.09 Å². The standard InChI is InChI=1S/C20H25FN6O3/c1-30-13-14-9-16(12-23-10-14)26-5-7-27(8-6-26)17-4-2-3-15(18(17)21)11-24-19(22)25-20(28)29/h2-4,9-10,12H,5-8,11,13H2,1H3,(H,28,29)(H3,22,24,25). The first-order chi connectivity index (χ1) is 14.5. The summed E-state index contributed by atoms with van der Waals surface area (Å²) in [5.41, 5.74) is 8.34. The highest BCUT2D eigenvalue weighted by Crippen LogP contribution is 2.25. The number of carbonyl (C=O) groups is 1. The van der Waals surface area contributed by atoms with E-state index in [-0.39, 0.29) is 18.3 Å². The van der Waals surface area contributed by atoms with Gasteiger partial charge in [0.05, 0.1) is 30.7 Å². The first kappa shape index (κ1) is 21.3. The zero-order chi connectivity index (χ0) is 21.5. The second-order valence-corrected chi connectivity index (χ2v) is 6.84. The molecule has 1 fully saturated rings. The van der Waals surface area contributed by atoms with Crippen LogP contribution < -0.4 is 20.9 Å². The van der Waals surface area contributed by atoms with Gasteiger partial charge in [-0.1, -0.05) is 12.1 Å². The van der Waals surface area contributed by atoms with E-state index in [4.69, 9.17) is 15.6 Å². The number of nitrogens with two attached hydrogens (primary N) is 1. The van der Waals surface area contributed by atoms with Gasteiger partial charge < -0.3 is 25.4 Å². The molecule has 30 heavy (non-hydrogen) atoms. The van der Waals surface area contributed by atoms with E-state index in [1.807, 2.05) is 16.4 Å². The lowest BCUT2D eigenvalue weighted by atomic mass is 10.1. The normalized spacial score (nSPS) is 14.7. The van der Waals surface area contributed by atoms with Crippen LogP contribution in [0.4, 0.5) is 20.6 Å². The Bertz CT molecular complexity index is 915. The van der Waals surface area contributed by atoms with E-state index in [2.05, 4.69) is 20.9 Å². The maximum atomic E-state index is 15.0. The fourth-order valence-corrected chi connectivity index (χ4v) is 3.35. The lowest BCUT2D eigenvalue weighted by Crippen LogP contribution is -2.47. The molecule has 0 unspecified atom stereocenters. The number of pyridine rings is 1. The second kappa shape index (κ2) is 9.88. The van der Waals surface area contributed by atoms with Crippen molar-refractivity contribution in [2.24, 2.45) is 10.7 Å². The molecular weight excluding hydrogens is 391 g/mol. The second-order valence-electron chi connectivity index (χ2n) is 6.84. The van der Waals surface area contributed by atoms with Crippen LogP contribution >= 0.6 is 0 Å². The van der Waals surface area contributed by atoms with Crippen LogP contribution in [0.5, 0.6) is 0 Å². The molecule has 1 aromatic carbocycles. The van der Waals surface area contributed by atoms with Gasteiger partial charge in [0, 0.05) is 45.0 Å². The zero-order valence-corrected chi connectivity index (χ0v) is 16.7. The van der Waals surface area contributed by atoms with Crippen molar-refractivity contribution in [3.05, 3.63) is 53.6 Å². The molecule has 1 aliphatic rings. The molecule has 160 valence electrons. The lowest BCUT2D eigenvalue weighted by Gasteiger charge is -2.37. The number of amides is 1. The van der Waals surface area contributed by atoms with E-state index in [1.54, 1.807) is 31.5 Å². The lowest BCUT2D eigenvalue weighted by molar-refractivity contribution is 0.184. The highest BCUT2D eigenvalue weighted by molar-refractivity contribution is 5.91. The monoisotopic (exact) mass is 416 g/mol. The number of hydrogen-bond donors (Lipinski definition) is 3. The third-order valence-electron chi connectivity index (χ3n) is 4.79. The fourth-order valence-electron chi connectivity index (χ4n) is 3.35. The number of benzene rings is 1. The van der Waals surface area contributed by atoms with Crippen molar-refractivity contribution in [2.75, 3.05) is 43.1 Å². The van der Waals surface area contributed by atoms with Crippen molar-refractivity contribution in [3.63, 3.8) is 0 Å². The molecule has 2 aromatic rings. The summed E-state index contributed by atoms with van der Waals surface area (Å²) in [4.78, 5) is 22.9. The van der Waals surface area contributed by atoms with Gasteiger partial charge in [0.15, 0.2) is 11.8 Å². The van der Waals surface area contributed by atoms with Gasteiger partial charge in [-0.25, -0.2) is 14.2 Å². The van der Waals surface area contributed by atoms with E-state index in [1.165, 1.54) is 0 Å². The maximum Gasteiger partial charge on any atom is 0.411 e. The van der Waals surface area contributed by atoms with Crippen LogP contribution in [0, 0.1) is 5.82 Å². The molecule has 0 spiro atoms. The molecule has 0 saturated carbocycles. The van der Waals surface area contributed by atoms with Crippen LogP contribution in [0.15, 0.2) is 41.7 Å². The Labute approximate surface area is 174 Å². The van der Waals surface area contributed by atoms with E-state index in [9.17, 15) is 4.79 Å². The number of rotatable bonds is 6. The summed E-state index contributed by atoms with van der Waals surface area (Å²) in [6.07, 6.45) is 2.29. The van der Waals surface area contributed by atoms with Crippen LogP contribution in [-0.4, -0.2) is 55.4 Å². The van der Waals surface area contributed by atoms with Crippen LogP contribution in [0.3, 0.4) is 0 Å². The van der Waals surface area contributed by atoms with E-state index in [0.29, 0.717) is 30.9 Å². The minimum absolute atomic E-state index is 0.0519. The molecule has 10 heteroatoms. The maximum absolute atomic E-state index is 15.0. The summed E-state index contributed by atoms with van der Waals surface area (Å²) in [5, 5.41) is 10.6. The summed E-state index contributed by atoms with van der Waals surface area (Å²) in [7, 11) is 1.65. The third kappa shape index (κ3) is 5.35. The first-order valence-corrected chi connectivity index (χ1v) is 9.48. The molecule has 1 aromatic heterocycles. The molecule has 0 aliphatic carbocycles. The van der Waals surface area contributed by atoms with Crippen LogP contribution in [-0.2, 0) is 17.9 Å². The molecule has 1 saturated heterocycles. The van der Waals surface area contributed by atoms with Crippen molar-refractivity contribution in [2.45, 2.75) is 13.2 Å². The first-order valence-electron chi connectivity index (χ1n) is 9.48. The van der Waals surface area contributed by atoms with Crippen molar-refractivity contribution >= 4 is 23.4 Å². The van der Waals surface area contributed by atoms with E-state index in [0.717, 1.165) is 24.3 Å². The number of anilines is 2. The SMILES string of the molecule is COCc1cncc(N2CCN(c3cccc(CN=C(N)NC(=O)O)c3F)CC2)c1. The molecule has 3 rings (SSSR count). The molecule has 2 heterocycles. The minimum atomic E-state index is -1.31. The van der Waals surface area contributed by atoms with Gasteiger partial charge in [-0.2, -0.15) is 0 Å². The molecule has 0 radical (unpaired) electrons. The Kier molecular flexibility index (Phi) is 7.02. The van der Waals surface area contributed by atoms with Crippen LogP contribution in [0.25, 0.3) is 0 Å². The summed E-state index contributed by atoms with van der Waals surface area (Å²) in [5.74, 6) is -0.646. The summed E-state index contributed by atoms with van der Waals surface area (Å²) < 4.78 is 20.2.